The summed E-state index contributed by atoms with van der Waals surface area (Å²) in [5.41, 5.74) is -0.444. The molecule has 1 N–H and O–H groups in total. The first-order chi connectivity index (χ1) is 9.32. The molecule has 0 saturated heterocycles. The summed E-state index contributed by atoms with van der Waals surface area (Å²) >= 11 is 0. The molecule has 0 heterocycles. The van der Waals surface area contributed by atoms with E-state index in [1.807, 2.05) is 25.7 Å². The molecule has 0 atom stereocenters. The highest BCUT2D eigenvalue weighted by molar-refractivity contribution is 5.82. The zero-order valence-corrected chi connectivity index (χ0v) is 13.2. The number of carbonyl (C=O) groups is 2. The van der Waals surface area contributed by atoms with Crippen LogP contribution < -0.4 is 0 Å². The molecule has 0 radical (unpaired) electrons. The molecule has 0 aromatic carbocycles. The Hall–Kier alpha value is -1.06. The number of aliphatic carboxylic acids is 1. The second-order valence-electron chi connectivity index (χ2n) is 6.89. The molecule has 0 aliphatic heterocycles. The van der Waals surface area contributed by atoms with Crippen LogP contribution >= 0.6 is 0 Å². The minimum Gasteiger partial charge on any atom is -0.481 e. The number of carbonyl (C=O) groups excluding carboxylic acids is 1. The Bertz CT molecular complexity index is 325. The lowest BCUT2D eigenvalue weighted by Crippen LogP contribution is -2.47. The number of amides is 1. The number of hydrogen-bond acceptors (Lipinski definition) is 2. The maximum absolute atomic E-state index is 12.6. The monoisotopic (exact) mass is 283 g/mol. The van der Waals surface area contributed by atoms with Gasteiger partial charge in [0.05, 0.1) is 6.42 Å². The summed E-state index contributed by atoms with van der Waals surface area (Å²) in [6.07, 6.45) is 8.10. The Kier molecular flexibility index (Phi) is 6.50. The first kappa shape index (κ1) is 17.0. The SMILES string of the molecule is CC(C)(C)C(=O)N(CCC(=O)O)C1CCCCCCC1. The maximum Gasteiger partial charge on any atom is 0.305 e. The van der Waals surface area contributed by atoms with Crippen LogP contribution in [0, 0.1) is 5.41 Å². The number of rotatable bonds is 4. The average molecular weight is 283 g/mol. The number of carboxylic acid groups (broad SMARTS) is 1. The van der Waals surface area contributed by atoms with Crippen molar-refractivity contribution in [1.29, 1.82) is 0 Å². The smallest absolute Gasteiger partial charge is 0.305 e. The van der Waals surface area contributed by atoms with Gasteiger partial charge in [-0.05, 0) is 12.8 Å². The molecule has 4 heteroatoms. The van der Waals surface area contributed by atoms with Crippen molar-refractivity contribution in [3.63, 3.8) is 0 Å². The van der Waals surface area contributed by atoms with Gasteiger partial charge in [-0.2, -0.15) is 0 Å². The summed E-state index contributed by atoms with van der Waals surface area (Å²) in [5.74, 6) is -0.744. The van der Waals surface area contributed by atoms with Crippen molar-refractivity contribution in [3.8, 4) is 0 Å². The van der Waals surface area contributed by atoms with E-state index in [1.165, 1.54) is 19.3 Å². The molecule has 1 aliphatic carbocycles. The van der Waals surface area contributed by atoms with E-state index < -0.39 is 11.4 Å². The van der Waals surface area contributed by atoms with Crippen LogP contribution in [0.3, 0.4) is 0 Å². The fourth-order valence-electron chi connectivity index (χ4n) is 2.84. The van der Waals surface area contributed by atoms with Crippen molar-refractivity contribution in [2.24, 2.45) is 5.41 Å². The summed E-state index contributed by atoms with van der Waals surface area (Å²) < 4.78 is 0. The topological polar surface area (TPSA) is 57.6 Å². The third kappa shape index (κ3) is 5.51. The molecule has 1 saturated carbocycles. The molecule has 20 heavy (non-hydrogen) atoms. The van der Waals surface area contributed by atoms with Crippen LogP contribution in [0.1, 0.15) is 72.1 Å². The van der Waals surface area contributed by atoms with Crippen LogP contribution in [0.25, 0.3) is 0 Å². The Morgan fingerprint density at radius 3 is 2.00 bits per heavy atom. The van der Waals surface area contributed by atoms with Gasteiger partial charge in [0.15, 0.2) is 0 Å². The Morgan fingerprint density at radius 2 is 1.55 bits per heavy atom. The molecule has 1 amide bonds. The van der Waals surface area contributed by atoms with Crippen LogP contribution in [0.15, 0.2) is 0 Å². The van der Waals surface area contributed by atoms with Crippen LogP contribution in [0.5, 0.6) is 0 Å². The molecule has 4 nitrogen and oxygen atoms in total. The van der Waals surface area contributed by atoms with Crippen LogP contribution in [0.2, 0.25) is 0 Å². The Balaban J connectivity index is 2.78. The zero-order chi connectivity index (χ0) is 15.2. The molecular weight excluding hydrogens is 254 g/mol. The number of carboxylic acids is 1. The first-order valence-corrected chi connectivity index (χ1v) is 7.85. The number of hydrogen-bond donors (Lipinski definition) is 1. The fourth-order valence-corrected chi connectivity index (χ4v) is 2.84. The summed E-state index contributed by atoms with van der Waals surface area (Å²) in [6.45, 7) is 6.07. The highest BCUT2D eigenvalue weighted by Gasteiger charge is 2.32. The summed E-state index contributed by atoms with van der Waals surface area (Å²) in [4.78, 5) is 25.3. The maximum atomic E-state index is 12.6. The third-order valence-electron chi connectivity index (χ3n) is 3.98. The minimum atomic E-state index is -0.831. The van der Waals surface area contributed by atoms with E-state index in [-0.39, 0.29) is 18.4 Å². The minimum absolute atomic E-state index is 0.0400. The molecule has 0 aromatic heterocycles. The second kappa shape index (κ2) is 7.65. The van der Waals surface area contributed by atoms with Crippen molar-refractivity contribution >= 4 is 11.9 Å². The van der Waals surface area contributed by atoms with Gasteiger partial charge in [0.1, 0.15) is 0 Å². The molecular formula is C16H29NO3. The van der Waals surface area contributed by atoms with Gasteiger partial charge in [-0.3, -0.25) is 9.59 Å². The summed E-state index contributed by atoms with van der Waals surface area (Å²) in [5, 5.41) is 8.91. The van der Waals surface area contributed by atoms with E-state index in [2.05, 4.69) is 0 Å². The zero-order valence-electron chi connectivity index (χ0n) is 13.2. The van der Waals surface area contributed by atoms with Gasteiger partial charge in [-0.1, -0.05) is 52.9 Å². The normalized spacial score (nSPS) is 18.1. The predicted octanol–water partition coefficient (Wildman–Crippen LogP) is 3.45. The molecule has 1 rings (SSSR count). The van der Waals surface area contributed by atoms with Crippen molar-refractivity contribution in [2.75, 3.05) is 6.54 Å². The molecule has 116 valence electrons. The van der Waals surface area contributed by atoms with E-state index in [4.69, 9.17) is 5.11 Å². The fraction of sp³-hybridized carbons (Fsp3) is 0.875. The lowest BCUT2D eigenvalue weighted by atomic mass is 9.90. The van der Waals surface area contributed by atoms with Gasteiger partial charge in [-0.25, -0.2) is 0 Å². The highest BCUT2D eigenvalue weighted by atomic mass is 16.4. The van der Waals surface area contributed by atoms with Gasteiger partial charge >= 0.3 is 5.97 Å². The Morgan fingerprint density at radius 1 is 1.05 bits per heavy atom. The van der Waals surface area contributed by atoms with Gasteiger partial charge in [-0.15, -0.1) is 0 Å². The molecule has 1 aliphatic rings. The largest absolute Gasteiger partial charge is 0.481 e. The third-order valence-corrected chi connectivity index (χ3v) is 3.98. The van der Waals surface area contributed by atoms with E-state index in [0.29, 0.717) is 6.54 Å². The lowest BCUT2D eigenvalue weighted by molar-refractivity contribution is -0.144. The molecule has 0 aromatic rings. The second-order valence-corrected chi connectivity index (χ2v) is 6.89. The summed E-state index contributed by atoms with van der Waals surface area (Å²) in [7, 11) is 0. The van der Waals surface area contributed by atoms with E-state index in [9.17, 15) is 9.59 Å². The average Bonchev–Trinajstić information content (AvgIpc) is 2.29. The molecule has 0 spiro atoms. The first-order valence-electron chi connectivity index (χ1n) is 7.85. The van der Waals surface area contributed by atoms with E-state index >= 15 is 0 Å². The predicted molar refractivity (Wildman–Crippen MR) is 79.5 cm³/mol. The number of nitrogens with zero attached hydrogens (tertiary/aromatic N) is 1. The van der Waals surface area contributed by atoms with E-state index in [1.54, 1.807) is 0 Å². The van der Waals surface area contributed by atoms with Crippen LogP contribution in [-0.2, 0) is 9.59 Å². The van der Waals surface area contributed by atoms with Gasteiger partial charge in [0, 0.05) is 18.0 Å². The van der Waals surface area contributed by atoms with Crippen molar-refractivity contribution in [3.05, 3.63) is 0 Å². The van der Waals surface area contributed by atoms with Crippen LogP contribution in [-0.4, -0.2) is 34.5 Å². The highest BCUT2D eigenvalue weighted by Crippen LogP contribution is 2.26. The van der Waals surface area contributed by atoms with Gasteiger partial charge in [0.2, 0.25) is 5.91 Å². The molecule has 1 fully saturated rings. The quantitative estimate of drug-likeness (QED) is 0.859. The van der Waals surface area contributed by atoms with Gasteiger partial charge in [0.25, 0.3) is 0 Å². The lowest BCUT2D eigenvalue weighted by Gasteiger charge is -2.37. The van der Waals surface area contributed by atoms with Crippen molar-refractivity contribution in [2.45, 2.75) is 78.2 Å². The van der Waals surface area contributed by atoms with Crippen molar-refractivity contribution < 1.29 is 14.7 Å². The summed E-state index contributed by atoms with van der Waals surface area (Å²) in [6, 6.07) is 0.223. The Labute approximate surface area is 122 Å². The van der Waals surface area contributed by atoms with Gasteiger partial charge < -0.3 is 10.0 Å². The van der Waals surface area contributed by atoms with Crippen molar-refractivity contribution in [1.82, 2.24) is 4.90 Å². The molecule has 0 bridgehead atoms. The van der Waals surface area contributed by atoms with E-state index in [0.717, 1.165) is 25.7 Å². The molecule has 0 unspecified atom stereocenters. The standard InChI is InChI=1S/C16H29NO3/c1-16(2,3)15(20)17(12-11-14(18)19)13-9-7-5-4-6-8-10-13/h13H,4-12H2,1-3H3,(H,18,19). The van der Waals surface area contributed by atoms with Crippen LogP contribution in [0.4, 0.5) is 0 Å².